The van der Waals surface area contributed by atoms with E-state index in [1.807, 2.05) is 0 Å². The predicted octanol–water partition coefficient (Wildman–Crippen LogP) is 1.94. The van der Waals surface area contributed by atoms with Crippen molar-refractivity contribution in [1.29, 1.82) is 0 Å². The summed E-state index contributed by atoms with van der Waals surface area (Å²) in [7, 11) is 5.38. The molecular weight excluding hydrogens is 126 g/mol. The van der Waals surface area contributed by atoms with Crippen LogP contribution in [0.25, 0.3) is 0 Å². The molecule has 9 heavy (non-hydrogen) atoms. The maximum atomic E-state index is 6.13. The lowest BCUT2D eigenvalue weighted by Crippen LogP contribution is -2.39. The van der Waals surface area contributed by atoms with Crippen molar-refractivity contribution in [2.75, 3.05) is 20.0 Å². The second kappa shape index (κ2) is 1.99. The SMILES string of the molecule is [B]C1([P+](C)(C)C)CCC1. The van der Waals surface area contributed by atoms with Gasteiger partial charge in [0.1, 0.15) is 7.85 Å². The van der Waals surface area contributed by atoms with Crippen LogP contribution in [0.1, 0.15) is 19.3 Å². The van der Waals surface area contributed by atoms with Crippen molar-refractivity contribution in [3.63, 3.8) is 0 Å². The molecule has 1 fully saturated rings. The van der Waals surface area contributed by atoms with Crippen LogP contribution in [0.5, 0.6) is 0 Å². The zero-order valence-corrected chi connectivity index (χ0v) is 7.54. The van der Waals surface area contributed by atoms with E-state index in [4.69, 9.17) is 7.85 Å². The Hall–Kier alpha value is 0.495. The van der Waals surface area contributed by atoms with Gasteiger partial charge in [-0.3, -0.25) is 0 Å². The van der Waals surface area contributed by atoms with Crippen molar-refractivity contribution < 1.29 is 0 Å². The largest absolute Gasteiger partial charge is 0.131 e. The van der Waals surface area contributed by atoms with Gasteiger partial charge >= 0.3 is 0 Å². The highest BCUT2D eigenvalue weighted by atomic mass is 31.2. The minimum absolute atomic E-state index is 0.271. The smallest absolute Gasteiger partial charge is 0.0469 e. The molecule has 0 bridgehead atoms. The Labute approximate surface area is 60.2 Å². The van der Waals surface area contributed by atoms with Gasteiger partial charge in [0.05, 0.1) is 0 Å². The Kier molecular flexibility index (Phi) is 1.68. The van der Waals surface area contributed by atoms with Crippen molar-refractivity contribution >= 4 is 15.1 Å². The number of rotatable bonds is 1. The lowest BCUT2D eigenvalue weighted by molar-refractivity contribution is 0.463. The van der Waals surface area contributed by atoms with Crippen molar-refractivity contribution in [3.8, 4) is 0 Å². The minimum Gasteiger partial charge on any atom is -0.0469 e. The Morgan fingerprint density at radius 3 is 1.67 bits per heavy atom. The van der Waals surface area contributed by atoms with Gasteiger partial charge in [-0.05, 0) is 19.3 Å². The molecule has 0 nitrogen and oxygen atoms in total. The van der Waals surface area contributed by atoms with Crippen LogP contribution in [0.2, 0.25) is 0 Å². The van der Waals surface area contributed by atoms with Gasteiger partial charge in [-0.2, -0.15) is 0 Å². The van der Waals surface area contributed by atoms with Crippen LogP contribution < -0.4 is 0 Å². The molecule has 0 aliphatic heterocycles. The highest BCUT2D eigenvalue weighted by molar-refractivity contribution is 7.76. The van der Waals surface area contributed by atoms with Gasteiger partial charge in [0.15, 0.2) is 0 Å². The predicted molar refractivity (Wildman–Crippen MR) is 47.0 cm³/mol. The minimum atomic E-state index is -0.754. The van der Waals surface area contributed by atoms with Crippen LogP contribution in [0.3, 0.4) is 0 Å². The summed E-state index contributed by atoms with van der Waals surface area (Å²) in [6.07, 6.45) is 3.89. The monoisotopic (exact) mass is 141 g/mol. The second-order valence-electron chi connectivity index (χ2n) is 3.97. The molecule has 0 amide bonds. The Morgan fingerprint density at radius 1 is 1.22 bits per heavy atom. The van der Waals surface area contributed by atoms with E-state index in [0.29, 0.717) is 0 Å². The lowest BCUT2D eigenvalue weighted by Gasteiger charge is -2.43. The van der Waals surface area contributed by atoms with Crippen LogP contribution in [0.15, 0.2) is 0 Å². The summed E-state index contributed by atoms with van der Waals surface area (Å²) >= 11 is 0. The zero-order chi connectivity index (χ0) is 7.12. The molecular formula is C7H15BP+. The van der Waals surface area contributed by atoms with Crippen molar-refractivity contribution in [2.24, 2.45) is 0 Å². The van der Waals surface area contributed by atoms with Gasteiger partial charge in [0.25, 0.3) is 0 Å². The van der Waals surface area contributed by atoms with Gasteiger partial charge in [0.2, 0.25) is 0 Å². The molecule has 2 heteroatoms. The fraction of sp³-hybridized carbons (Fsp3) is 1.00. The Balaban J connectivity index is 2.59. The maximum absolute atomic E-state index is 6.13. The third-order valence-corrected chi connectivity index (χ3v) is 5.67. The van der Waals surface area contributed by atoms with Crippen LogP contribution in [0.4, 0.5) is 0 Å². The van der Waals surface area contributed by atoms with Crippen LogP contribution in [0, 0.1) is 0 Å². The normalized spacial score (nSPS) is 25.2. The second-order valence-corrected chi connectivity index (χ2v) is 8.89. The molecule has 0 saturated heterocycles. The Morgan fingerprint density at radius 2 is 1.67 bits per heavy atom. The molecule has 0 aromatic carbocycles. The summed E-state index contributed by atoms with van der Waals surface area (Å²) in [5.74, 6) is 0. The first-order chi connectivity index (χ1) is 3.96. The van der Waals surface area contributed by atoms with Crippen LogP contribution >= 0.6 is 7.26 Å². The van der Waals surface area contributed by atoms with Crippen molar-refractivity contribution in [2.45, 2.75) is 24.3 Å². The standard InChI is InChI=1S/C7H15BP/c1-9(2,3)7(8)5-4-6-7/h4-6H2,1-3H3/q+1. The summed E-state index contributed by atoms with van der Waals surface area (Å²) in [6, 6.07) is 0. The maximum Gasteiger partial charge on any atom is 0.131 e. The van der Waals surface area contributed by atoms with E-state index >= 15 is 0 Å². The summed E-state index contributed by atoms with van der Waals surface area (Å²) in [6.45, 7) is 7.02. The van der Waals surface area contributed by atoms with Crippen molar-refractivity contribution in [1.82, 2.24) is 0 Å². The molecule has 50 valence electrons. The fourth-order valence-electron chi connectivity index (χ4n) is 1.21. The molecule has 0 heterocycles. The van der Waals surface area contributed by atoms with Crippen LogP contribution in [-0.4, -0.2) is 32.9 Å². The van der Waals surface area contributed by atoms with E-state index in [1.165, 1.54) is 19.3 Å². The third kappa shape index (κ3) is 1.17. The third-order valence-electron chi connectivity index (χ3n) is 2.56. The fourth-order valence-corrected chi connectivity index (χ4v) is 2.87. The zero-order valence-electron chi connectivity index (χ0n) is 6.65. The molecule has 0 spiro atoms. The first-order valence-corrected chi connectivity index (χ1v) is 6.69. The molecule has 1 aliphatic rings. The summed E-state index contributed by atoms with van der Waals surface area (Å²) < 4.78 is 0. The Bertz CT molecular complexity index is 111. The summed E-state index contributed by atoms with van der Waals surface area (Å²) in [5.41, 5.74) is 0. The quantitative estimate of drug-likeness (QED) is 0.386. The average Bonchev–Trinajstić information content (AvgIpc) is 1.57. The highest BCUT2D eigenvalue weighted by Gasteiger charge is 2.47. The van der Waals surface area contributed by atoms with Gasteiger partial charge in [0, 0.05) is 32.3 Å². The lowest BCUT2D eigenvalue weighted by atomic mass is 9.69. The van der Waals surface area contributed by atoms with Gasteiger partial charge in [-0.25, -0.2) is 0 Å². The molecule has 1 aliphatic carbocycles. The van der Waals surface area contributed by atoms with Crippen LogP contribution in [-0.2, 0) is 0 Å². The van der Waals surface area contributed by atoms with E-state index in [9.17, 15) is 0 Å². The highest BCUT2D eigenvalue weighted by Crippen LogP contribution is 2.65. The summed E-state index contributed by atoms with van der Waals surface area (Å²) in [4.78, 5) is 0. The van der Waals surface area contributed by atoms with Crippen molar-refractivity contribution in [3.05, 3.63) is 0 Å². The topological polar surface area (TPSA) is 0 Å². The number of hydrogen-bond donors (Lipinski definition) is 0. The molecule has 0 aromatic rings. The van der Waals surface area contributed by atoms with Gasteiger partial charge in [-0.15, -0.1) is 0 Å². The van der Waals surface area contributed by atoms with E-state index < -0.39 is 7.26 Å². The van der Waals surface area contributed by atoms with E-state index in [-0.39, 0.29) is 5.06 Å². The van der Waals surface area contributed by atoms with Gasteiger partial charge < -0.3 is 0 Å². The molecule has 2 radical (unpaired) electrons. The first-order valence-electron chi connectivity index (χ1n) is 3.56. The number of hydrogen-bond acceptors (Lipinski definition) is 0. The summed E-state index contributed by atoms with van der Waals surface area (Å²) in [5, 5.41) is 0.271. The first kappa shape index (κ1) is 7.60. The van der Waals surface area contributed by atoms with Gasteiger partial charge in [-0.1, -0.05) is 0 Å². The molecule has 0 atom stereocenters. The van der Waals surface area contributed by atoms with E-state index in [1.54, 1.807) is 0 Å². The molecule has 1 rings (SSSR count). The average molecular weight is 141 g/mol. The molecule has 0 aromatic heterocycles. The molecule has 0 unspecified atom stereocenters. The van der Waals surface area contributed by atoms with E-state index in [2.05, 4.69) is 20.0 Å². The van der Waals surface area contributed by atoms with E-state index in [0.717, 1.165) is 0 Å². The molecule has 1 saturated carbocycles. The molecule has 0 N–H and O–H groups in total.